The normalized spacial score (nSPS) is 12.2. The summed E-state index contributed by atoms with van der Waals surface area (Å²) in [5, 5.41) is 6.23. The van der Waals surface area contributed by atoms with E-state index in [-0.39, 0.29) is 37.0 Å². The Kier molecular flexibility index (Phi) is 12.5. The van der Waals surface area contributed by atoms with Crippen molar-refractivity contribution in [2.75, 3.05) is 35.8 Å². The number of aromatic nitrogens is 2. The largest absolute Gasteiger partial charge is 0.368 e. The molecule has 1 amide bonds. The summed E-state index contributed by atoms with van der Waals surface area (Å²) >= 11 is 1.79. The van der Waals surface area contributed by atoms with Crippen LogP contribution in [0.15, 0.2) is 18.2 Å². The lowest BCUT2D eigenvalue weighted by Gasteiger charge is -2.22. The van der Waals surface area contributed by atoms with Gasteiger partial charge in [0.05, 0.1) is 6.16 Å². The molecule has 0 fully saturated rings. The molecule has 0 saturated heterocycles. The maximum absolute atomic E-state index is 12.6. The molecule has 6 N–H and O–H groups in total. The molecular weight excluding hydrogens is 513 g/mol. The van der Waals surface area contributed by atoms with Crippen molar-refractivity contribution in [1.82, 2.24) is 15.3 Å². The predicted octanol–water partition coefficient (Wildman–Crippen LogP) is 3.79. The number of nitrogens with one attached hydrogen (secondary N) is 2. The quantitative estimate of drug-likeness (QED) is 0.118. The van der Waals surface area contributed by atoms with E-state index in [9.17, 15) is 14.2 Å². The summed E-state index contributed by atoms with van der Waals surface area (Å²) in [6.07, 6.45) is 7.15. The third-order valence-corrected chi connectivity index (χ3v) is 7.50. The fraction of sp³-hybridized carbons (Fsp3) is 0.520. The highest BCUT2D eigenvalue weighted by molar-refractivity contribution is 7.98. The number of hydrogen-bond donors (Lipinski definition) is 5. The standard InChI is InChI=1S/C25H38N5O5PS/c1-4-5-7-21(10-13-37-3)29-23-22(17(2)28-25(26)30-23)15-20-14-18(8-9-19(20)16-31)24(32)27-11-6-12-36(33,34)35/h8-9,14,16,21H,4-7,10-13,15H2,1-3H3,(H,27,32)(H2,33,34,35)(H3,26,28,29,30)/t21-/m0/s1. The van der Waals surface area contributed by atoms with Crippen molar-refractivity contribution in [2.45, 2.75) is 58.4 Å². The Labute approximate surface area is 222 Å². The van der Waals surface area contributed by atoms with Crippen LogP contribution >= 0.6 is 19.4 Å². The third kappa shape index (κ3) is 10.4. The maximum Gasteiger partial charge on any atom is 0.325 e. The molecule has 0 spiro atoms. The molecule has 12 heteroatoms. The zero-order valence-corrected chi connectivity index (χ0v) is 23.4. The molecule has 1 atom stereocenters. The van der Waals surface area contributed by atoms with Crippen molar-refractivity contribution in [2.24, 2.45) is 0 Å². The Morgan fingerprint density at radius 1 is 1.24 bits per heavy atom. The number of thioether (sulfide) groups is 1. The van der Waals surface area contributed by atoms with Gasteiger partial charge in [-0.25, -0.2) is 4.98 Å². The summed E-state index contributed by atoms with van der Waals surface area (Å²) in [5.41, 5.74) is 8.92. The Morgan fingerprint density at radius 3 is 2.65 bits per heavy atom. The molecule has 37 heavy (non-hydrogen) atoms. The number of nitrogen functional groups attached to an aromatic ring is 1. The number of carbonyl (C=O) groups excluding carboxylic acids is 2. The number of aldehydes is 1. The van der Waals surface area contributed by atoms with Crippen LogP contribution in [0.4, 0.5) is 11.8 Å². The monoisotopic (exact) mass is 551 g/mol. The number of nitrogens with two attached hydrogens (primary N) is 1. The Morgan fingerprint density at radius 2 is 2.00 bits per heavy atom. The first-order valence-electron chi connectivity index (χ1n) is 12.4. The summed E-state index contributed by atoms with van der Waals surface area (Å²) < 4.78 is 11.0. The van der Waals surface area contributed by atoms with Gasteiger partial charge < -0.3 is 26.2 Å². The van der Waals surface area contributed by atoms with E-state index in [4.69, 9.17) is 15.5 Å². The number of amides is 1. The van der Waals surface area contributed by atoms with Crippen molar-refractivity contribution in [1.29, 1.82) is 0 Å². The highest BCUT2D eigenvalue weighted by atomic mass is 32.2. The SMILES string of the molecule is CCCC[C@@H](CCSC)Nc1nc(N)nc(C)c1Cc1cc(C(=O)NCCCP(=O)(O)O)ccc1C=O. The maximum atomic E-state index is 12.6. The number of rotatable bonds is 16. The number of hydrogen-bond acceptors (Lipinski definition) is 8. The lowest BCUT2D eigenvalue weighted by molar-refractivity contribution is 0.0952. The van der Waals surface area contributed by atoms with Crippen molar-refractivity contribution in [3.63, 3.8) is 0 Å². The summed E-state index contributed by atoms with van der Waals surface area (Å²) in [7, 11) is -4.11. The molecular formula is C25H38N5O5PS. The minimum absolute atomic E-state index is 0.128. The van der Waals surface area contributed by atoms with Crippen LogP contribution in [0.25, 0.3) is 0 Å². The van der Waals surface area contributed by atoms with E-state index in [1.54, 1.807) is 30.0 Å². The number of unbranched alkanes of at least 4 members (excludes halogenated alkanes) is 1. The first kappa shape index (κ1) is 30.8. The molecule has 1 aromatic heterocycles. The average Bonchev–Trinajstić information content (AvgIpc) is 2.84. The van der Waals surface area contributed by atoms with E-state index in [0.717, 1.165) is 43.3 Å². The average molecular weight is 552 g/mol. The highest BCUT2D eigenvalue weighted by Gasteiger charge is 2.18. The highest BCUT2D eigenvalue weighted by Crippen LogP contribution is 2.34. The first-order valence-corrected chi connectivity index (χ1v) is 15.6. The van der Waals surface area contributed by atoms with Crippen molar-refractivity contribution in [3.8, 4) is 0 Å². The van der Waals surface area contributed by atoms with Gasteiger partial charge in [-0.1, -0.05) is 25.8 Å². The molecule has 10 nitrogen and oxygen atoms in total. The van der Waals surface area contributed by atoms with Crippen molar-refractivity contribution < 1.29 is 23.9 Å². The van der Waals surface area contributed by atoms with E-state index in [0.29, 0.717) is 34.6 Å². The number of benzene rings is 1. The minimum atomic E-state index is -4.11. The molecule has 204 valence electrons. The molecule has 1 heterocycles. The number of aryl methyl sites for hydroxylation is 1. The van der Waals surface area contributed by atoms with Crippen molar-refractivity contribution >= 4 is 43.3 Å². The molecule has 0 radical (unpaired) electrons. The van der Waals surface area contributed by atoms with Gasteiger partial charge >= 0.3 is 7.60 Å². The van der Waals surface area contributed by atoms with E-state index in [1.807, 2.05) is 6.92 Å². The van der Waals surface area contributed by atoms with Gasteiger partial charge in [-0.2, -0.15) is 16.7 Å². The van der Waals surface area contributed by atoms with Crippen LogP contribution in [0.2, 0.25) is 0 Å². The fourth-order valence-corrected chi connectivity index (χ4v) is 5.03. The van der Waals surface area contributed by atoms with Crippen LogP contribution in [0.5, 0.6) is 0 Å². The Bertz CT molecular complexity index is 1100. The van der Waals surface area contributed by atoms with Crippen molar-refractivity contribution in [3.05, 3.63) is 46.1 Å². The lowest BCUT2D eigenvalue weighted by atomic mass is 9.96. The van der Waals surface area contributed by atoms with E-state index in [1.165, 1.54) is 0 Å². The van der Waals surface area contributed by atoms with Gasteiger partial charge in [-0.15, -0.1) is 0 Å². The lowest BCUT2D eigenvalue weighted by Crippen LogP contribution is -2.25. The van der Waals surface area contributed by atoms with Crippen LogP contribution in [-0.2, 0) is 11.0 Å². The summed E-state index contributed by atoms with van der Waals surface area (Å²) in [6, 6.07) is 5.02. The Balaban J connectivity index is 2.30. The molecule has 0 saturated carbocycles. The topological polar surface area (TPSA) is 168 Å². The number of anilines is 2. The second-order valence-electron chi connectivity index (χ2n) is 8.97. The second kappa shape index (κ2) is 15.1. The zero-order chi connectivity index (χ0) is 27.4. The number of carbonyl (C=O) groups is 2. The van der Waals surface area contributed by atoms with Crippen LogP contribution in [-0.4, -0.2) is 62.7 Å². The van der Waals surface area contributed by atoms with Gasteiger partial charge in [-0.05, 0) is 55.9 Å². The third-order valence-electron chi connectivity index (χ3n) is 5.96. The zero-order valence-electron chi connectivity index (χ0n) is 21.7. The van der Waals surface area contributed by atoms with Gasteiger partial charge in [0.25, 0.3) is 5.91 Å². The van der Waals surface area contributed by atoms with Crippen LogP contribution in [0.3, 0.4) is 0 Å². The van der Waals surface area contributed by atoms with Gasteiger partial charge in [0, 0.05) is 41.4 Å². The first-order chi connectivity index (χ1) is 17.6. The summed E-state index contributed by atoms with van der Waals surface area (Å²) in [5.74, 6) is 1.43. The Hall–Kier alpha value is -2.46. The minimum Gasteiger partial charge on any atom is -0.368 e. The smallest absolute Gasteiger partial charge is 0.325 e. The van der Waals surface area contributed by atoms with E-state index in [2.05, 4.69) is 33.8 Å². The van der Waals surface area contributed by atoms with Gasteiger partial charge in [-0.3, -0.25) is 14.2 Å². The summed E-state index contributed by atoms with van der Waals surface area (Å²) in [4.78, 5) is 51.2. The number of nitrogens with zero attached hydrogens (tertiary/aromatic N) is 2. The molecule has 2 aromatic rings. The molecule has 0 aliphatic carbocycles. The molecule has 1 aromatic carbocycles. The van der Waals surface area contributed by atoms with E-state index >= 15 is 0 Å². The molecule has 0 bridgehead atoms. The second-order valence-corrected chi connectivity index (χ2v) is 11.7. The van der Waals surface area contributed by atoms with Gasteiger partial charge in [0.1, 0.15) is 12.1 Å². The van der Waals surface area contributed by atoms with Gasteiger partial charge in [0.2, 0.25) is 5.95 Å². The summed E-state index contributed by atoms with van der Waals surface area (Å²) in [6.45, 7) is 4.13. The molecule has 0 unspecified atom stereocenters. The molecule has 0 aliphatic heterocycles. The van der Waals surface area contributed by atoms with E-state index < -0.39 is 7.60 Å². The fourth-order valence-electron chi connectivity index (χ4n) is 3.94. The predicted molar refractivity (Wildman–Crippen MR) is 150 cm³/mol. The molecule has 0 aliphatic rings. The van der Waals surface area contributed by atoms with Crippen LogP contribution in [0.1, 0.15) is 76.6 Å². The van der Waals surface area contributed by atoms with Gasteiger partial charge in [0.15, 0.2) is 0 Å². The van der Waals surface area contributed by atoms with Crippen LogP contribution in [0, 0.1) is 6.92 Å². The van der Waals surface area contributed by atoms with Crippen LogP contribution < -0.4 is 16.4 Å². The molecule has 2 rings (SSSR count).